The van der Waals surface area contributed by atoms with E-state index in [1.54, 1.807) is 12.1 Å². The van der Waals surface area contributed by atoms with E-state index in [4.69, 9.17) is 11.5 Å². The maximum atomic E-state index is 13.4. The topological polar surface area (TPSA) is 23.5 Å². The summed E-state index contributed by atoms with van der Waals surface area (Å²) >= 11 is 3.29. The Morgan fingerprint density at radius 1 is 1.50 bits per heavy atom. The normalized spacial score (nSPS) is 10.4. The van der Waals surface area contributed by atoms with Crippen LogP contribution < -0.4 is 0 Å². The standard InChI is InChI=1S/C12H13BrFNO/c1-2-5-15(6-7-16)9-10-8-11(13)3-4-12(10)14/h1,3-4,8,16H,5-7,9H2. The fourth-order valence-electron chi connectivity index (χ4n) is 1.39. The number of aliphatic hydroxyl groups excluding tert-OH is 1. The minimum atomic E-state index is -0.261. The van der Waals surface area contributed by atoms with Gasteiger partial charge in [-0.25, -0.2) is 4.39 Å². The molecule has 0 saturated carbocycles. The van der Waals surface area contributed by atoms with Crippen molar-refractivity contribution in [2.45, 2.75) is 6.54 Å². The van der Waals surface area contributed by atoms with Gasteiger partial charge in [-0.1, -0.05) is 21.9 Å². The zero-order chi connectivity index (χ0) is 12.0. The minimum absolute atomic E-state index is 0.0112. The van der Waals surface area contributed by atoms with Crippen LogP contribution in [0.1, 0.15) is 5.56 Å². The van der Waals surface area contributed by atoms with Gasteiger partial charge in [0.25, 0.3) is 0 Å². The van der Waals surface area contributed by atoms with Gasteiger partial charge in [0, 0.05) is 23.1 Å². The molecule has 16 heavy (non-hydrogen) atoms. The molecule has 1 rings (SSSR count). The van der Waals surface area contributed by atoms with E-state index in [0.29, 0.717) is 25.2 Å². The van der Waals surface area contributed by atoms with Crippen LogP contribution in [0.15, 0.2) is 22.7 Å². The number of benzene rings is 1. The first-order chi connectivity index (χ1) is 7.67. The molecule has 0 saturated heterocycles. The van der Waals surface area contributed by atoms with Crippen molar-refractivity contribution in [2.24, 2.45) is 0 Å². The molecular weight excluding hydrogens is 273 g/mol. The van der Waals surface area contributed by atoms with E-state index in [-0.39, 0.29) is 12.4 Å². The second kappa shape index (κ2) is 6.64. The summed E-state index contributed by atoms with van der Waals surface area (Å²) in [6.07, 6.45) is 5.20. The van der Waals surface area contributed by atoms with Crippen molar-refractivity contribution in [1.82, 2.24) is 4.90 Å². The second-order valence-electron chi connectivity index (χ2n) is 3.37. The maximum Gasteiger partial charge on any atom is 0.127 e. The van der Waals surface area contributed by atoms with Crippen molar-refractivity contribution in [3.05, 3.63) is 34.1 Å². The van der Waals surface area contributed by atoms with E-state index < -0.39 is 0 Å². The molecule has 0 radical (unpaired) electrons. The summed E-state index contributed by atoms with van der Waals surface area (Å²) in [6.45, 7) is 1.25. The van der Waals surface area contributed by atoms with Crippen LogP contribution in [0.2, 0.25) is 0 Å². The molecule has 4 heteroatoms. The number of rotatable bonds is 5. The van der Waals surface area contributed by atoms with Crippen LogP contribution >= 0.6 is 15.9 Å². The molecule has 0 aromatic heterocycles. The van der Waals surface area contributed by atoms with Crippen LogP contribution in [0, 0.1) is 18.2 Å². The van der Waals surface area contributed by atoms with E-state index in [9.17, 15) is 4.39 Å². The molecule has 0 aliphatic rings. The highest BCUT2D eigenvalue weighted by Gasteiger charge is 2.08. The third-order valence-corrected chi connectivity index (χ3v) is 2.63. The Bertz CT molecular complexity index is 389. The van der Waals surface area contributed by atoms with E-state index >= 15 is 0 Å². The average molecular weight is 286 g/mol. The largest absolute Gasteiger partial charge is 0.395 e. The van der Waals surface area contributed by atoms with Crippen LogP contribution in [-0.4, -0.2) is 29.7 Å². The molecule has 86 valence electrons. The van der Waals surface area contributed by atoms with Gasteiger partial charge in [0.2, 0.25) is 0 Å². The summed E-state index contributed by atoms with van der Waals surface area (Å²) in [5.41, 5.74) is 0.568. The van der Waals surface area contributed by atoms with Gasteiger partial charge in [0.05, 0.1) is 13.2 Å². The van der Waals surface area contributed by atoms with E-state index in [0.717, 1.165) is 4.47 Å². The Kier molecular flexibility index (Phi) is 5.47. The van der Waals surface area contributed by atoms with Gasteiger partial charge in [-0.3, -0.25) is 4.90 Å². The van der Waals surface area contributed by atoms with Crippen LogP contribution in [-0.2, 0) is 6.54 Å². The first-order valence-electron chi connectivity index (χ1n) is 4.88. The first-order valence-corrected chi connectivity index (χ1v) is 5.67. The number of hydrogen-bond acceptors (Lipinski definition) is 2. The minimum Gasteiger partial charge on any atom is -0.395 e. The lowest BCUT2D eigenvalue weighted by Crippen LogP contribution is -2.27. The van der Waals surface area contributed by atoms with Crippen molar-refractivity contribution in [3.63, 3.8) is 0 Å². The Balaban J connectivity index is 2.76. The highest BCUT2D eigenvalue weighted by molar-refractivity contribution is 9.10. The van der Waals surface area contributed by atoms with E-state index in [2.05, 4.69) is 21.9 Å². The van der Waals surface area contributed by atoms with Crippen molar-refractivity contribution < 1.29 is 9.50 Å². The van der Waals surface area contributed by atoms with Crippen molar-refractivity contribution in [1.29, 1.82) is 0 Å². The molecule has 1 aromatic carbocycles. The molecule has 0 fully saturated rings. The molecule has 2 nitrogen and oxygen atoms in total. The van der Waals surface area contributed by atoms with E-state index in [1.165, 1.54) is 6.07 Å². The van der Waals surface area contributed by atoms with Crippen molar-refractivity contribution >= 4 is 15.9 Å². The summed E-state index contributed by atoms with van der Waals surface area (Å²) in [5, 5.41) is 8.85. The van der Waals surface area contributed by atoms with Crippen molar-refractivity contribution in [3.8, 4) is 12.3 Å². The Hall–Kier alpha value is -0.890. The molecule has 0 atom stereocenters. The molecule has 1 N–H and O–H groups in total. The zero-order valence-electron chi connectivity index (χ0n) is 8.79. The summed E-state index contributed by atoms with van der Waals surface area (Å²) < 4.78 is 14.3. The Labute approximate surface area is 103 Å². The Morgan fingerprint density at radius 3 is 2.88 bits per heavy atom. The Morgan fingerprint density at radius 2 is 2.25 bits per heavy atom. The summed E-state index contributed by atoms with van der Waals surface area (Å²) in [7, 11) is 0. The highest BCUT2D eigenvalue weighted by Crippen LogP contribution is 2.17. The van der Waals surface area contributed by atoms with Crippen LogP contribution in [0.4, 0.5) is 4.39 Å². The van der Waals surface area contributed by atoms with Crippen molar-refractivity contribution in [2.75, 3.05) is 19.7 Å². The third-order valence-electron chi connectivity index (χ3n) is 2.13. The van der Waals surface area contributed by atoms with Gasteiger partial charge in [-0.05, 0) is 18.2 Å². The number of terminal acetylenes is 1. The molecule has 1 aromatic rings. The molecular formula is C12H13BrFNO. The van der Waals surface area contributed by atoms with Gasteiger partial charge < -0.3 is 5.11 Å². The third kappa shape index (κ3) is 3.93. The monoisotopic (exact) mass is 285 g/mol. The number of nitrogens with zero attached hydrogens (tertiary/aromatic N) is 1. The average Bonchev–Trinajstić information content (AvgIpc) is 2.24. The fraction of sp³-hybridized carbons (Fsp3) is 0.333. The first kappa shape index (κ1) is 13.2. The van der Waals surface area contributed by atoms with Gasteiger partial charge in [-0.15, -0.1) is 6.42 Å². The highest BCUT2D eigenvalue weighted by atomic mass is 79.9. The molecule has 0 aliphatic heterocycles. The molecule has 0 heterocycles. The summed E-state index contributed by atoms with van der Waals surface area (Å²) in [6, 6.07) is 4.78. The van der Waals surface area contributed by atoms with Crippen LogP contribution in [0.25, 0.3) is 0 Å². The predicted molar refractivity (Wildman–Crippen MR) is 65.3 cm³/mol. The molecule has 0 aliphatic carbocycles. The summed E-state index contributed by atoms with van der Waals surface area (Å²) in [4.78, 5) is 1.81. The lowest BCUT2D eigenvalue weighted by Gasteiger charge is -2.18. The molecule has 0 amide bonds. The lowest BCUT2D eigenvalue weighted by atomic mass is 10.2. The van der Waals surface area contributed by atoms with Gasteiger partial charge in [0.1, 0.15) is 5.82 Å². The number of aliphatic hydroxyl groups is 1. The number of halogens is 2. The van der Waals surface area contributed by atoms with Gasteiger partial charge in [-0.2, -0.15) is 0 Å². The molecule has 0 unspecified atom stereocenters. The fourth-order valence-corrected chi connectivity index (χ4v) is 1.80. The zero-order valence-corrected chi connectivity index (χ0v) is 10.4. The molecule has 0 spiro atoms. The van der Waals surface area contributed by atoms with Crippen LogP contribution in [0.3, 0.4) is 0 Å². The smallest absolute Gasteiger partial charge is 0.127 e. The SMILES string of the molecule is C#CCN(CCO)Cc1cc(Br)ccc1F. The molecule has 0 bridgehead atoms. The van der Waals surface area contributed by atoms with E-state index in [1.807, 2.05) is 4.90 Å². The number of hydrogen-bond donors (Lipinski definition) is 1. The van der Waals surface area contributed by atoms with Crippen LogP contribution in [0.5, 0.6) is 0 Å². The maximum absolute atomic E-state index is 13.4. The quantitative estimate of drug-likeness (QED) is 0.837. The van der Waals surface area contributed by atoms with Gasteiger partial charge in [0.15, 0.2) is 0 Å². The summed E-state index contributed by atoms with van der Waals surface area (Å²) in [5.74, 6) is 2.23. The second-order valence-corrected chi connectivity index (χ2v) is 4.29. The predicted octanol–water partition coefficient (Wildman–Crippen LogP) is 2.02. The van der Waals surface area contributed by atoms with Gasteiger partial charge >= 0.3 is 0 Å². The lowest BCUT2D eigenvalue weighted by molar-refractivity contribution is 0.204.